The van der Waals surface area contributed by atoms with E-state index in [2.05, 4.69) is 21.7 Å². The highest BCUT2D eigenvalue weighted by Gasteiger charge is 2.16. The summed E-state index contributed by atoms with van der Waals surface area (Å²) in [4.78, 5) is 16.4. The Bertz CT molecular complexity index is 1230. The Morgan fingerprint density at radius 3 is 2.48 bits per heavy atom. The number of anilines is 3. The van der Waals surface area contributed by atoms with Crippen molar-refractivity contribution in [1.82, 2.24) is 9.55 Å². The molecule has 0 unspecified atom stereocenters. The van der Waals surface area contributed by atoms with Crippen molar-refractivity contribution in [2.75, 3.05) is 10.6 Å². The molecule has 1 amide bonds. The zero-order chi connectivity index (χ0) is 22.0. The molecule has 2 N–H and O–H groups in total. The Morgan fingerprint density at radius 1 is 1.00 bits per heavy atom. The van der Waals surface area contributed by atoms with Gasteiger partial charge in [0.25, 0.3) is 0 Å². The van der Waals surface area contributed by atoms with Gasteiger partial charge in [0.1, 0.15) is 11.4 Å². The van der Waals surface area contributed by atoms with E-state index in [-0.39, 0.29) is 0 Å². The molecular formula is C24H23ClN4O2. The molecule has 0 saturated carbocycles. The monoisotopic (exact) mass is 434 g/mol. The largest absolute Gasteiger partial charge is 0.444 e. The SMILES string of the molecule is CC(C)(C)OC(=O)Nc1ccc(-n2ccc3cc(Nc4cccc(Cl)c4)ccc32)nc1. The third-order valence-corrected chi connectivity index (χ3v) is 4.68. The lowest BCUT2D eigenvalue weighted by molar-refractivity contribution is 0.0636. The van der Waals surface area contributed by atoms with Crippen LogP contribution in [0, 0.1) is 0 Å². The van der Waals surface area contributed by atoms with Crippen molar-refractivity contribution in [2.45, 2.75) is 26.4 Å². The summed E-state index contributed by atoms with van der Waals surface area (Å²) in [5.41, 5.74) is 2.94. The Balaban J connectivity index is 1.51. The van der Waals surface area contributed by atoms with Gasteiger partial charge in [-0.15, -0.1) is 0 Å². The fraction of sp³-hybridized carbons (Fsp3) is 0.167. The van der Waals surface area contributed by atoms with Crippen LogP contribution in [0.5, 0.6) is 0 Å². The third-order valence-electron chi connectivity index (χ3n) is 4.44. The summed E-state index contributed by atoms with van der Waals surface area (Å²) in [6, 6.07) is 19.4. The van der Waals surface area contributed by atoms with E-state index < -0.39 is 11.7 Å². The minimum Gasteiger partial charge on any atom is -0.444 e. The summed E-state index contributed by atoms with van der Waals surface area (Å²) in [5, 5.41) is 7.82. The van der Waals surface area contributed by atoms with Gasteiger partial charge in [-0.1, -0.05) is 17.7 Å². The summed E-state index contributed by atoms with van der Waals surface area (Å²) in [5.74, 6) is 0.750. The average Bonchev–Trinajstić information content (AvgIpc) is 3.10. The van der Waals surface area contributed by atoms with Crippen molar-refractivity contribution in [3.63, 3.8) is 0 Å². The molecule has 0 saturated heterocycles. The predicted molar refractivity (Wildman–Crippen MR) is 126 cm³/mol. The van der Waals surface area contributed by atoms with Gasteiger partial charge >= 0.3 is 6.09 Å². The molecule has 4 aromatic rings. The summed E-state index contributed by atoms with van der Waals surface area (Å²) in [6.45, 7) is 5.46. The van der Waals surface area contributed by atoms with Gasteiger partial charge in [-0.3, -0.25) is 5.32 Å². The number of ether oxygens (including phenoxy) is 1. The smallest absolute Gasteiger partial charge is 0.412 e. The molecule has 2 aromatic heterocycles. The molecular weight excluding hydrogens is 412 g/mol. The van der Waals surface area contributed by atoms with Crippen molar-refractivity contribution in [1.29, 1.82) is 0 Å². The van der Waals surface area contributed by atoms with E-state index in [0.717, 1.165) is 28.1 Å². The highest BCUT2D eigenvalue weighted by Crippen LogP contribution is 2.26. The second-order valence-corrected chi connectivity index (χ2v) is 8.56. The Morgan fingerprint density at radius 2 is 1.77 bits per heavy atom. The van der Waals surface area contributed by atoms with Gasteiger partial charge in [0, 0.05) is 28.0 Å². The molecule has 0 radical (unpaired) electrons. The van der Waals surface area contributed by atoms with Crippen LogP contribution in [0.1, 0.15) is 20.8 Å². The number of hydrogen-bond donors (Lipinski definition) is 2. The molecule has 0 spiro atoms. The molecule has 4 rings (SSSR count). The number of aromatic nitrogens is 2. The van der Waals surface area contributed by atoms with Crippen molar-refractivity contribution >= 4 is 45.7 Å². The van der Waals surface area contributed by atoms with E-state index in [1.165, 1.54) is 0 Å². The quantitative estimate of drug-likeness (QED) is 0.372. The van der Waals surface area contributed by atoms with Crippen LogP contribution in [0.2, 0.25) is 5.02 Å². The Hall–Kier alpha value is -3.51. The lowest BCUT2D eigenvalue weighted by Crippen LogP contribution is -2.27. The normalized spacial score (nSPS) is 11.4. The van der Waals surface area contributed by atoms with Crippen molar-refractivity contribution < 1.29 is 9.53 Å². The molecule has 2 heterocycles. The van der Waals surface area contributed by atoms with Crippen LogP contribution in [0.3, 0.4) is 0 Å². The molecule has 158 valence electrons. The van der Waals surface area contributed by atoms with Gasteiger partial charge in [-0.2, -0.15) is 0 Å². The van der Waals surface area contributed by atoms with Crippen LogP contribution in [0.25, 0.3) is 16.7 Å². The van der Waals surface area contributed by atoms with Crippen LogP contribution in [0.15, 0.2) is 73.1 Å². The second-order valence-electron chi connectivity index (χ2n) is 8.13. The minimum atomic E-state index is -0.554. The molecule has 7 heteroatoms. The topological polar surface area (TPSA) is 68.2 Å². The number of benzene rings is 2. The van der Waals surface area contributed by atoms with Gasteiger partial charge in [0.2, 0.25) is 0 Å². The number of nitrogens with zero attached hydrogens (tertiary/aromatic N) is 2. The van der Waals surface area contributed by atoms with E-state index >= 15 is 0 Å². The first-order valence-electron chi connectivity index (χ1n) is 9.87. The lowest BCUT2D eigenvalue weighted by Gasteiger charge is -2.19. The fourth-order valence-corrected chi connectivity index (χ4v) is 3.37. The Kier molecular flexibility index (Phi) is 5.57. The summed E-state index contributed by atoms with van der Waals surface area (Å²) < 4.78 is 7.26. The maximum Gasteiger partial charge on any atom is 0.412 e. The maximum absolute atomic E-state index is 11.9. The highest BCUT2D eigenvalue weighted by atomic mass is 35.5. The van der Waals surface area contributed by atoms with Crippen molar-refractivity contribution in [3.8, 4) is 5.82 Å². The number of amides is 1. The van der Waals surface area contributed by atoms with Gasteiger partial charge in [0.15, 0.2) is 0 Å². The van der Waals surface area contributed by atoms with Crippen LogP contribution >= 0.6 is 11.6 Å². The van der Waals surface area contributed by atoms with Gasteiger partial charge in [-0.05, 0) is 75.4 Å². The highest BCUT2D eigenvalue weighted by molar-refractivity contribution is 6.30. The average molecular weight is 435 g/mol. The van der Waals surface area contributed by atoms with E-state index in [1.54, 1.807) is 12.3 Å². The minimum absolute atomic E-state index is 0.506. The molecule has 6 nitrogen and oxygen atoms in total. The first kappa shape index (κ1) is 20.8. The molecule has 0 fully saturated rings. The molecule has 31 heavy (non-hydrogen) atoms. The summed E-state index contributed by atoms with van der Waals surface area (Å²) in [7, 11) is 0. The summed E-state index contributed by atoms with van der Waals surface area (Å²) in [6.07, 6.45) is 3.07. The number of rotatable bonds is 4. The number of carbonyl (C=O) groups excluding carboxylic acids is 1. The molecule has 2 aromatic carbocycles. The van der Waals surface area contributed by atoms with Crippen LogP contribution in [0.4, 0.5) is 21.9 Å². The fourth-order valence-electron chi connectivity index (χ4n) is 3.18. The molecule has 0 bridgehead atoms. The standard InChI is InChI=1S/C24H23ClN4O2/c1-24(2,3)31-23(30)28-20-8-10-22(26-15-20)29-12-11-16-13-19(7-9-21(16)29)27-18-6-4-5-17(25)14-18/h4-15,27H,1-3H3,(H,28,30). The predicted octanol–water partition coefficient (Wildman–Crippen LogP) is 6.77. The zero-order valence-electron chi connectivity index (χ0n) is 17.5. The first-order chi connectivity index (χ1) is 14.8. The van der Waals surface area contributed by atoms with Crippen molar-refractivity contribution in [2.24, 2.45) is 0 Å². The van der Waals surface area contributed by atoms with Crippen LogP contribution in [-0.4, -0.2) is 21.2 Å². The second kappa shape index (κ2) is 8.32. The number of nitrogens with one attached hydrogen (secondary N) is 2. The molecule has 0 aliphatic heterocycles. The molecule has 0 atom stereocenters. The van der Waals surface area contributed by atoms with Gasteiger partial charge < -0.3 is 14.6 Å². The van der Waals surface area contributed by atoms with E-state index in [9.17, 15) is 4.79 Å². The van der Waals surface area contributed by atoms with Crippen LogP contribution < -0.4 is 10.6 Å². The van der Waals surface area contributed by atoms with E-state index in [0.29, 0.717) is 10.7 Å². The number of halogens is 1. The first-order valence-corrected chi connectivity index (χ1v) is 10.2. The Labute approximate surface area is 185 Å². The van der Waals surface area contributed by atoms with Gasteiger partial charge in [0.05, 0.1) is 17.4 Å². The molecule has 0 aliphatic carbocycles. The zero-order valence-corrected chi connectivity index (χ0v) is 18.3. The number of hydrogen-bond acceptors (Lipinski definition) is 4. The van der Waals surface area contributed by atoms with Crippen LogP contribution in [-0.2, 0) is 4.74 Å². The van der Waals surface area contributed by atoms with Gasteiger partial charge in [-0.25, -0.2) is 9.78 Å². The van der Waals surface area contributed by atoms with E-state index in [4.69, 9.17) is 16.3 Å². The number of fused-ring (bicyclic) bond motifs is 1. The number of pyridine rings is 1. The lowest BCUT2D eigenvalue weighted by atomic mass is 10.2. The van der Waals surface area contributed by atoms with Crippen molar-refractivity contribution in [3.05, 3.63) is 78.1 Å². The molecule has 0 aliphatic rings. The van der Waals surface area contributed by atoms with E-state index in [1.807, 2.05) is 80.1 Å². The summed E-state index contributed by atoms with van der Waals surface area (Å²) >= 11 is 6.06. The third kappa shape index (κ3) is 5.16. The number of carbonyl (C=O) groups is 1. The maximum atomic E-state index is 11.9.